The van der Waals surface area contributed by atoms with Crippen molar-refractivity contribution in [2.45, 2.75) is 119 Å². The van der Waals surface area contributed by atoms with Crippen molar-refractivity contribution in [1.82, 2.24) is 25.2 Å². The summed E-state index contributed by atoms with van der Waals surface area (Å²) in [6, 6.07) is 4.61. The van der Waals surface area contributed by atoms with Gasteiger partial charge in [-0.15, -0.1) is 0 Å². The first kappa shape index (κ1) is 37.0. The number of allylic oxidation sites excluding steroid dienone is 1. The summed E-state index contributed by atoms with van der Waals surface area (Å²) in [5, 5.41) is 6.15. The Morgan fingerprint density at radius 1 is 1.13 bits per heavy atom. The lowest BCUT2D eigenvalue weighted by Gasteiger charge is -2.37. The number of aryl methyl sites for hydroxylation is 1. The van der Waals surface area contributed by atoms with Gasteiger partial charge in [-0.05, 0) is 71.3 Å². The summed E-state index contributed by atoms with van der Waals surface area (Å²) < 4.78 is 68.1. The molecular weight excluding hydrogens is 712 g/mol. The van der Waals surface area contributed by atoms with Crippen LogP contribution in [-0.2, 0) is 35.6 Å². The third kappa shape index (κ3) is 6.94. The van der Waals surface area contributed by atoms with Crippen LogP contribution in [0.3, 0.4) is 0 Å². The minimum absolute atomic E-state index is 0.0690. The lowest BCUT2D eigenvalue weighted by Crippen LogP contribution is -2.58. The molecule has 7 rings (SSSR count). The Labute approximate surface area is 306 Å². The molecule has 2 saturated carbocycles. The van der Waals surface area contributed by atoms with Gasteiger partial charge in [0.05, 0.1) is 23.4 Å². The molecule has 2 aliphatic carbocycles. The van der Waals surface area contributed by atoms with E-state index < -0.39 is 79.8 Å². The number of nitrogens with one attached hydrogen (secondary N) is 3. The van der Waals surface area contributed by atoms with Crippen LogP contribution >= 0.6 is 0 Å². The van der Waals surface area contributed by atoms with Crippen LogP contribution in [0.25, 0.3) is 10.9 Å². The van der Waals surface area contributed by atoms with Gasteiger partial charge in [0.1, 0.15) is 28.9 Å². The number of halogens is 2. The molecule has 0 bridgehead atoms. The van der Waals surface area contributed by atoms with Crippen LogP contribution in [0, 0.1) is 5.92 Å². The van der Waals surface area contributed by atoms with Crippen molar-refractivity contribution in [2.24, 2.45) is 5.92 Å². The lowest BCUT2D eigenvalue weighted by molar-refractivity contribution is -0.141. The zero-order chi connectivity index (χ0) is 37.8. The van der Waals surface area contributed by atoms with Crippen LogP contribution < -0.4 is 20.1 Å². The number of hydrogen-bond acceptors (Lipinski definition) is 9. The van der Waals surface area contributed by atoms with Crippen molar-refractivity contribution in [3.63, 3.8) is 0 Å². The molecule has 4 amide bonds. The zero-order valence-electron chi connectivity index (χ0n) is 29.8. The second kappa shape index (κ2) is 13.8. The monoisotopic (exact) mass is 757 g/mol. The summed E-state index contributed by atoms with van der Waals surface area (Å²) in [7, 11) is -4.04. The Balaban J connectivity index is 1.25. The number of carbonyl (C=O) groups is 4. The molecule has 53 heavy (non-hydrogen) atoms. The second-order valence-corrected chi connectivity index (χ2v) is 17.4. The summed E-state index contributed by atoms with van der Waals surface area (Å²) in [6.07, 6.45) is 4.32. The van der Waals surface area contributed by atoms with E-state index in [0.29, 0.717) is 55.0 Å². The number of hydrogen-bond donors (Lipinski definition) is 3. The Hall–Kier alpha value is -4.34. The highest BCUT2D eigenvalue weighted by molar-refractivity contribution is 7.91. The number of fused-ring (bicyclic) bond motifs is 5. The molecule has 3 N–H and O–H groups in total. The Morgan fingerprint density at radius 3 is 2.64 bits per heavy atom. The first-order chi connectivity index (χ1) is 25.2. The average Bonchev–Trinajstić information content (AvgIpc) is 4.01. The van der Waals surface area contributed by atoms with Gasteiger partial charge in [-0.3, -0.25) is 19.1 Å². The van der Waals surface area contributed by atoms with Gasteiger partial charge >= 0.3 is 6.09 Å². The summed E-state index contributed by atoms with van der Waals surface area (Å²) in [5.41, 5.74) is -2.45. The third-order valence-electron chi connectivity index (χ3n) is 11.5. The van der Waals surface area contributed by atoms with E-state index in [2.05, 4.69) is 20.3 Å². The van der Waals surface area contributed by atoms with Gasteiger partial charge in [0, 0.05) is 23.3 Å². The smallest absolute Gasteiger partial charge is 0.407 e. The minimum Gasteiger partial charge on any atom is -0.483 e. The third-order valence-corrected chi connectivity index (χ3v) is 13.7. The standard InChI is InChI=1S/C37H45F2N5O8S/c1-3-51-34(48)41-26-14-8-6-4-5-7-11-22-19-37(22,33(47)43-53(49,50)35(2)17-18-35)42-31(45)27-20-36(21-44(27)32(26)46)16-15-24-23-12-9-10-13-25(23)40-28(30(38)39)29(24)52-36/h7,9-13,22,26-27,30H,3-6,8,14-21H2,1-2H3,(H,41,48)(H,42,45)(H,43,47)/b11-7-/t22-,26+,27+,36-,37-/m1/s1. The van der Waals surface area contributed by atoms with Crippen molar-refractivity contribution in [1.29, 1.82) is 0 Å². The predicted molar refractivity (Wildman–Crippen MR) is 188 cm³/mol. The lowest BCUT2D eigenvalue weighted by atomic mass is 9.87. The number of para-hydroxylation sites is 1. The molecule has 1 saturated heterocycles. The molecule has 5 atom stereocenters. The number of amides is 4. The molecule has 2 aromatic rings. The molecule has 4 heterocycles. The van der Waals surface area contributed by atoms with Gasteiger partial charge in [0.25, 0.3) is 12.3 Å². The number of rotatable bonds is 6. The molecule has 1 aromatic carbocycles. The Kier molecular flexibility index (Phi) is 9.64. The fourth-order valence-corrected chi connectivity index (χ4v) is 9.28. The van der Waals surface area contributed by atoms with Crippen molar-refractivity contribution >= 4 is 44.7 Å². The van der Waals surface area contributed by atoms with Crippen LogP contribution in [-0.4, -0.2) is 83.2 Å². The molecule has 16 heteroatoms. The number of benzene rings is 1. The van der Waals surface area contributed by atoms with E-state index in [1.165, 1.54) is 4.90 Å². The van der Waals surface area contributed by atoms with E-state index in [0.717, 1.165) is 6.42 Å². The van der Waals surface area contributed by atoms with E-state index in [9.17, 15) is 36.4 Å². The second-order valence-electron chi connectivity index (χ2n) is 15.2. The number of nitrogens with zero attached hydrogens (tertiary/aromatic N) is 2. The summed E-state index contributed by atoms with van der Waals surface area (Å²) >= 11 is 0. The fraction of sp³-hybridized carbons (Fsp3) is 0.595. The van der Waals surface area contributed by atoms with Gasteiger partial charge in [0.2, 0.25) is 21.8 Å². The van der Waals surface area contributed by atoms with E-state index in [1.807, 2.05) is 12.2 Å². The minimum atomic E-state index is -4.04. The molecule has 3 aliphatic heterocycles. The molecule has 0 unspecified atom stereocenters. The largest absolute Gasteiger partial charge is 0.483 e. The normalized spacial score (nSPS) is 30.1. The van der Waals surface area contributed by atoms with Gasteiger partial charge in [-0.25, -0.2) is 27.0 Å². The predicted octanol–water partition coefficient (Wildman–Crippen LogP) is 4.35. The van der Waals surface area contributed by atoms with Gasteiger partial charge in [-0.1, -0.05) is 43.2 Å². The first-order valence-corrected chi connectivity index (χ1v) is 19.9. The summed E-state index contributed by atoms with van der Waals surface area (Å²) in [6.45, 7) is 3.09. The van der Waals surface area contributed by atoms with Gasteiger partial charge in [-0.2, -0.15) is 0 Å². The number of alkyl halides is 2. The molecule has 13 nitrogen and oxygen atoms in total. The molecule has 5 aliphatic rings. The number of carbonyl (C=O) groups excluding carboxylic acids is 4. The van der Waals surface area contributed by atoms with Crippen molar-refractivity contribution < 1.29 is 45.9 Å². The van der Waals surface area contributed by atoms with E-state index in [-0.39, 0.29) is 44.6 Å². The Morgan fingerprint density at radius 2 is 1.91 bits per heavy atom. The van der Waals surface area contributed by atoms with E-state index in [1.54, 1.807) is 38.1 Å². The van der Waals surface area contributed by atoms with E-state index in [4.69, 9.17) is 9.47 Å². The topological polar surface area (TPSA) is 173 Å². The first-order valence-electron chi connectivity index (χ1n) is 18.4. The molecule has 0 radical (unpaired) electrons. The summed E-state index contributed by atoms with van der Waals surface area (Å²) in [5.74, 6) is -2.74. The Bertz CT molecular complexity index is 1970. The molecule has 3 fully saturated rings. The number of alkyl carbamates (subject to hydrolysis) is 1. The van der Waals surface area contributed by atoms with Crippen molar-refractivity contribution in [2.75, 3.05) is 13.2 Å². The van der Waals surface area contributed by atoms with Crippen molar-refractivity contribution in [3.05, 3.63) is 47.7 Å². The SMILES string of the molecule is CCOC(=O)N[C@H]1CCCCC/C=C\[C@@H]2C[C@@]2(C(=O)NS(=O)(=O)C2(C)CC2)NC(=O)[C@@H]2C[C@]3(CCc4c(c(C(F)F)nc5ccccc45)O3)CN2C1=O. The number of ether oxygens (including phenoxy) is 2. The zero-order valence-corrected chi connectivity index (χ0v) is 30.6. The van der Waals surface area contributed by atoms with E-state index >= 15 is 0 Å². The number of aromatic nitrogens is 1. The number of pyridine rings is 1. The molecule has 286 valence electrons. The number of sulfonamides is 1. The summed E-state index contributed by atoms with van der Waals surface area (Å²) in [4.78, 5) is 61.0. The van der Waals surface area contributed by atoms with Crippen LogP contribution in [0.2, 0.25) is 0 Å². The molecular formula is C37H45F2N5O8S. The molecule has 1 spiro atoms. The fourth-order valence-electron chi connectivity index (χ4n) is 7.97. The van der Waals surface area contributed by atoms with Crippen LogP contribution in [0.15, 0.2) is 36.4 Å². The average molecular weight is 758 g/mol. The highest BCUT2D eigenvalue weighted by Crippen LogP contribution is 2.49. The molecule has 1 aromatic heterocycles. The van der Waals surface area contributed by atoms with Gasteiger partial charge in [0.15, 0.2) is 5.75 Å². The van der Waals surface area contributed by atoms with Crippen LogP contribution in [0.4, 0.5) is 13.6 Å². The maximum absolute atomic E-state index is 14.5. The highest BCUT2D eigenvalue weighted by atomic mass is 32.2. The quantitative estimate of drug-likeness (QED) is 0.363. The maximum atomic E-state index is 14.5. The van der Waals surface area contributed by atoms with Crippen LogP contribution in [0.5, 0.6) is 5.75 Å². The maximum Gasteiger partial charge on any atom is 0.407 e. The highest BCUT2D eigenvalue weighted by Gasteiger charge is 2.64. The van der Waals surface area contributed by atoms with Gasteiger partial charge < -0.3 is 25.0 Å². The van der Waals surface area contributed by atoms with Crippen LogP contribution in [0.1, 0.15) is 95.7 Å². The van der Waals surface area contributed by atoms with Crippen molar-refractivity contribution in [3.8, 4) is 5.75 Å².